The van der Waals surface area contributed by atoms with Crippen LogP contribution in [0.15, 0.2) is 48.0 Å². The number of hydrogen-bond donors (Lipinski definition) is 2. The van der Waals surface area contributed by atoms with Crippen LogP contribution >= 0.6 is 0 Å². The molecule has 29 heavy (non-hydrogen) atoms. The molecule has 4 amide bonds. The molecule has 1 heterocycles. The van der Waals surface area contributed by atoms with E-state index in [1.54, 1.807) is 18.2 Å². The Morgan fingerprint density at radius 1 is 1.00 bits per heavy atom. The van der Waals surface area contributed by atoms with Gasteiger partial charge in [0.1, 0.15) is 5.57 Å². The Labute approximate surface area is 165 Å². The van der Waals surface area contributed by atoms with Crippen molar-refractivity contribution in [3.63, 3.8) is 0 Å². The molecule has 0 bridgehead atoms. The predicted molar refractivity (Wildman–Crippen MR) is 102 cm³/mol. The summed E-state index contributed by atoms with van der Waals surface area (Å²) in [6.07, 6.45) is 1.32. The Morgan fingerprint density at radius 2 is 1.66 bits per heavy atom. The number of carboxylic acid groups (broad SMARTS) is 1. The van der Waals surface area contributed by atoms with E-state index in [0.29, 0.717) is 17.1 Å². The molecule has 9 nitrogen and oxygen atoms in total. The number of benzene rings is 2. The van der Waals surface area contributed by atoms with Crippen LogP contribution in [0, 0.1) is 0 Å². The van der Waals surface area contributed by atoms with Crippen LogP contribution in [0.25, 0.3) is 6.08 Å². The molecule has 3 rings (SSSR count). The number of carbonyl (C=O) groups excluding carboxylic acids is 3. The van der Waals surface area contributed by atoms with Gasteiger partial charge in [-0.15, -0.1) is 0 Å². The highest BCUT2D eigenvalue weighted by Crippen LogP contribution is 2.29. The zero-order valence-corrected chi connectivity index (χ0v) is 15.5. The minimum Gasteiger partial charge on any atom is -0.493 e. The van der Waals surface area contributed by atoms with Crippen molar-refractivity contribution in [2.24, 2.45) is 0 Å². The van der Waals surface area contributed by atoms with Gasteiger partial charge in [-0.05, 0) is 48.0 Å². The van der Waals surface area contributed by atoms with Crippen LogP contribution in [0.5, 0.6) is 11.5 Å². The third-order valence-electron chi connectivity index (χ3n) is 4.19. The lowest BCUT2D eigenvalue weighted by Gasteiger charge is -2.26. The van der Waals surface area contributed by atoms with Crippen LogP contribution in [0.2, 0.25) is 0 Å². The van der Waals surface area contributed by atoms with E-state index in [9.17, 15) is 19.2 Å². The number of barbiturate groups is 1. The van der Waals surface area contributed by atoms with E-state index in [0.717, 1.165) is 4.90 Å². The molecule has 1 saturated heterocycles. The van der Waals surface area contributed by atoms with Crippen molar-refractivity contribution in [3.8, 4) is 11.5 Å². The number of anilines is 1. The summed E-state index contributed by atoms with van der Waals surface area (Å²) in [6, 6.07) is 9.03. The van der Waals surface area contributed by atoms with Gasteiger partial charge in [0.2, 0.25) is 0 Å². The number of hydrogen-bond acceptors (Lipinski definition) is 6. The average molecular weight is 396 g/mol. The third kappa shape index (κ3) is 3.79. The first-order valence-corrected chi connectivity index (χ1v) is 8.32. The lowest BCUT2D eigenvalue weighted by molar-refractivity contribution is -0.122. The number of nitrogens with one attached hydrogen (secondary N) is 1. The number of methoxy groups -OCH3 is 2. The maximum absolute atomic E-state index is 12.9. The molecule has 0 radical (unpaired) electrons. The largest absolute Gasteiger partial charge is 0.493 e. The molecular weight excluding hydrogens is 380 g/mol. The van der Waals surface area contributed by atoms with Gasteiger partial charge in [-0.1, -0.05) is 6.07 Å². The molecule has 148 valence electrons. The van der Waals surface area contributed by atoms with E-state index in [4.69, 9.17) is 14.6 Å². The van der Waals surface area contributed by atoms with Crippen molar-refractivity contribution in [1.29, 1.82) is 0 Å². The fraction of sp³-hybridized carbons (Fsp3) is 0.100. The van der Waals surface area contributed by atoms with Crippen molar-refractivity contribution in [1.82, 2.24) is 5.32 Å². The summed E-state index contributed by atoms with van der Waals surface area (Å²) in [6.45, 7) is 0. The quantitative estimate of drug-likeness (QED) is 0.586. The number of carboxylic acids is 1. The number of nitrogens with zero attached hydrogens (tertiary/aromatic N) is 1. The fourth-order valence-electron chi connectivity index (χ4n) is 2.75. The molecule has 0 saturated carbocycles. The maximum Gasteiger partial charge on any atom is 0.335 e. The summed E-state index contributed by atoms with van der Waals surface area (Å²) >= 11 is 0. The predicted octanol–water partition coefficient (Wildman–Crippen LogP) is 2.07. The molecule has 1 aliphatic heterocycles. The lowest BCUT2D eigenvalue weighted by Crippen LogP contribution is -2.54. The Hall–Kier alpha value is -4.14. The summed E-state index contributed by atoms with van der Waals surface area (Å²) in [5, 5.41) is 11.1. The molecule has 2 aromatic carbocycles. The fourth-order valence-corrected chi connectivity index (χ4v) is 2.75. The number of urea groups is 1. The van der Waals surface area contributed by atoms with E-state index in [1.165, 1.54) is 44.6 Å². The van der Waals surface area contributed by atoms with Crippen LogP contribution < -0.4 is 19.7 Å². The zero-order valence-electron chi connectivity index (χ0n) is 15.5. The second kappa shape index (κ2) is 7.85. The minimum atomic E-state index is -1.14. The normalized spacial score (nSPS) is 15.3. The van der Waals surface area contributed by atoms with Crippen LogP contribution in [0.1, 0.15) is 15.9 Å². The van der Waals surface area contributed by atoms with Gasteiger partial charge in [0.15, 0.2) is 11.5 Å². The molecule has 0 unspecified atom stereocenters. The van der Waals surface area contributed by atoms with Gasteiger partial charge in [-0.3, -0.25) is 14.9 Å². The molecule has 1 aliphatic rings. The zero-order chi connectivity index (χ0) is 21.1. The van der Waals surface area contributed by atoms with Gasteiger partial charge < -0.3 is 14.6 Å². The Kier molecular flexibility index (Phi) is 5.31. The molecule has 0 aliphatic carbocycles. The van der Waals surface area contributed by atoms with E-state index in [1.807, 2.05) is 0 Å². The SMILES string of the molecule is COc1ccc(/C=C2\C(=O)NC(=O)N(c3ccc(C(=O)O)cc3)C2=O)cc1OC. The molecule has 0 atom stereocenters. The Morgan fingerprint density at radius 3 is 2.24 bits per heavy atom. The molecule has 9 heteroatoms. The summed E-state index contributed by atoms with van der Waals surface area (Å²) in [5.41, 5.74) is 0.342. The smallest absolute Gasteiger partial charge is 0.335 e. The van der Waals surface area contributed by atoms with Gasteiger partial charge in [0.25, 0.3) is 11.8 Å². The highest BCUT2D eigenvalue weighted by atomic mass is 16.5. The minimum absolute atomic E-state index is 0.00390. The lowest BCUT2D eigenvalue weighted by atomic mass is 10.1. The van der Waals surface area contributed by atoms with E-state index in [2.05, 4.69) is 5.32 Å². The van der Waals surface area contributed by atoms with Crippen LogP contribution in [-0.4, -0.2) is 43.1 Å². The molecule has 2 N–H and O–H groups in total. The van der Waals surface area contributed by atoms with Gasteiger partial charge in [0.05, 0.1) is 25.5 Å². The summed E-state index contributed by atoms with van der Waals surface area (Å²) in [5.74, 6) is -1.94. The highest BCUT2D eigenvalue weighted by Gasteiger charge is 2.36. The average Bonchev–Trinajstić information content (AvgIpc) is 2.71. The van der Waals surface area contributed by atoms with Gasteiger partial charge in [-0.25, -0.2) is 14.5 Å². The first-order chi connectivity index (χ1) is 13.8. The van der Waals surface area contributed by atoms with Crippen LogP contribution in [0.4, 0.5) is 10.5 Å². The first-order valence-electron chi connectivity index (χ1n) is 8.32. The highest BCUT2D eigenvalue weighted by molar-refractivity contribution is 6.39. The molecule has 2 aromatic rings. The second-order valence-electron chi connectivity index (χ2n) is 5.92. The molecule has 1 fully saturated rings. The monoisotopic (exact) mass is 396 g/mol. The topological polar surface area (TPSA) is 122 Å². The van der Waals surface area contributed by atoms with Gasteiger partial charge in [0, 0.05) is 0 Å². The number of rotatable bonds is 5. The van der Waals surface area contributed by atoms with Crippen molar-refractivity contribution in [3.05, 3.63) is 59.2 Å². The van der Waals surface area contributed by atoms with Crippen LogP contribution in [-0.2, 0) is 9.59 Å². The Bertz CT molecular complexity index is 1040. The number of aromatic carboxylic acids is 1. The second-order valence-corrected chi connectivity index (χ2v) is 5.92. The van der Waals surface area contributed by atoms with Crippen molar-refractivity contribution in [2.75, 3.05) is 19.1 Å². The summed E-state index contributed by atoms with van der Waals surface area (Å²) < 4.78 is 10.4. The number of amides is 4. The van der Waals surface area contributed by atoms with Crippen molar-refractivity contribution >= 4 is 35.6 Å². The van der Waals surface area contributed by atoms with Crippen molar-refractivity contribution in [2.45, 2.75) is 0 Å². The molecule has 0 spiro atoms. The van der Waals surface area contributed by atoms with E-state index in [-0.39, 0.29) is 16.8 Å². The van der Waals surface area contributed by atoms with Crippen LogP contribution in [0.3, 0.4) is 0 Å². The Balaban J connectivity index is 1.98. The van der Waals surface area contributed by atoms with E-state index < -0.39 is 23.8 Å². The number of carbonyl (C=O) groups is 4. The summed E-state index contributed by atoms with van der Waals surface area (Å²) in [4.78, 5) is 49.0. The van der Waals surface area contributed by atoms with E-state index >= 15 is 0 Å². The summed E-state index contributed by atoms with van der Waals surface area (Å²) in [7, 11) is 2.93. The standard InChI is InChI=1S/C20H16N2O7/c1-28-15-8-3-11(10-16(15)29-2)9-14-17(23)21-20(27)22(18(14)24)13-6-4-12(5-7-13)19(25)26/h3-10H,1-2H3,(H,25,26)(H,21,23,27)/b14-9+. The van der Waals surface area contributed by atoms with Gasteiger partial charge >= 0.3 is 12.0 Å². The first kappa shape index (κ1) is 19.6. The maximum atomic E-state index is 12.9. The number of imide groups is 2. The third-order valence-corrected chi connectivity index (χ3v) is 4.19. The van der Waals surface area contributed by atoms with Gasteiger partial charge in [-0.2, -0.15) is 0 Å². The molecular formula is C20H16N2O7. The molecule has 0 aromatic heterocycles. The van der Waals surface area contributed by atoms with Crippen molar-refractivity contribution < 1.29 is 33.8 Å². The number of ether oxygens (including phenoxy) is 2.